The zero-order valence-electron chi connectivity index (χ0n) is 28.5. The van der Waals surface area contributed by atoms with Gasteiger partial charge in [-0.3, -0.25) is 14.4 Å². The van der Waals surface area contributed by atoms with Gasteiger partial charge in [-0.1, -0.05) is 57.0 Å². The van der Waals surface area contributed by atoms with E-state index in [0.29, 0.717) is 50.2 Å². The van der Waals surface area contributed by atoms with Crippen molar-refractivity contribution in [2.75, 3.05) is 26.9 Å². The number of hydrogen-bond donors (Lipinski definition) is 3. The molecule has 11 heteroatoms. The van der Waals surface area contributed by atoms with E-state index < -0.39 is 24.2 Å². The van der Waals surface area contributed by atoms with Crippen LogP contribution in [0.5, 0.6) is 11.5 Å². The van der Waals surface area contributed by atoms with Crippen LogP contribution in [-0.4, -0.2) is 84.4 Å². The van der Waals surface area contributed by atoms with Gasteiger partial charge in [-0.05, 0) is 83.9 Å². The number of aliphatic hydroxyl groups is 2. The second kappa shape index (κ2) is 17.6. The van der Waals surface area contributed by atoms with Crippen LogP contribution in [0.2, 0.25) is 0 Å². The zero-order chi connectivity index (χ0) is 35.0. The molecular weight excluding hydrogens is 727 g/mol. The molecule has 4 rings (SSSR count). The average Bonchev–Trinajstić information content (AvgIpc) is 3.07. The molecule has 48 heavy (non-hydrogen) atoms. The number of aldehydes is 1. The highest BCUT2D eigenvalue weighted by molar-refractivity contribution is 14.1. The molecular formula is C37H49IN2O8. The molecule has 0 aliphatic heterocycles. The number of amides is 2. The van der Waals surface area contributed by atoms with E-state index in [1.54, 1.807) is 17.0 Å². The van der Waals surface area contributed by atoms with Crippen LogP contribution < -0.4 is 14.8 Å². The Morgan fingerprint density at radius 2 is 1.90 bits per heavy atom. The minimum Gasteiger partial charge on any atom is -0.493 e. The van der Waals surface area contributed by atoms with Gasteiger partial charge < -0.3 is 34.6 Å². The number of nitrogens with one attached hydrogen (secondary N) is 1. The maximum atomic E-state index is 14.2. The van der Waals surface area contributed by atoms with Crippen LogP contribution in [0.4, 0.5) is 0 Å². The van der Waals surface area contributed by atoms with Crippen LogP contribution in [0.15, 0.2) is 48.0 Å². The van der Waals surface area contributed by atoms with Crippen LogP contribution in [0, 0.1) is 28.2 Å². The summed E-state index contributed by atoms with van der Waals surface area (Å²) in [6.07, 6.45) is 3.06. The van der Waals surface area contributed by atoms with Crippen molar-refractivity contribution in [3.05, 3.63) is 68.3 Å². The van der Waals surface area contributed by atoms with Crippen molar-refractivity contribution < 1.29 is 38.8 Å². The quantitative estimate of drug-likeness (QED) is 0.184. The van der Waals surface area contributed by atoms with Crippen LogP contribution in [-0.2, 0) is 20.9 Å². The van der Waals surface area contributed by atoms with Gasteiger partial charge >= 0.3 is 0 Å². The van der Waals surface area contributed by atoms with Crippen molar-refractivity contribution in [1.82, 2.24) is 10.2 Å². The van der Waals surface area contributed by atoms with Gasteiger partial charge in [-0.15, -0.1) is 0 Å². The lowest BCUT2D eigenvalue weighted by atomic mass is 9.75. The SMILES string of the molecule is COc1cc(C=O)cc(I)c1OC1C=C(C(=O)NCCO)CC(N(Cc2ccc(C)cc2)C(=O)COC2CC(C)CCC2C(C)C)C1O. The normalized spacial score (nSPS) is 24.1. The predicted molar refractivity (Wildman–Crippen MR) is 191 cm³/mol. The second-order valence-corrected chi connectivity index (χ2v) is 14.5. The molecule has 0 aromatic heterocycles. The Morgan fingerprint density at radius 3 is 2.54 bits per heavy atom. The molecule has 262 valence electrons. The molecule has 0 radical (unpaired) electrons. The first kappa shape index (κ1) is 37.8. The van der Waals surface area contributed by atoms with E-state index in [-0.39, 0.29) is 44.7 Å². The van der Waals surface area contributed by atoms with E-state index in [0.717, 1.165) is 30.4 Å². The molecule has 0 spiro atoms. The number of methoxy groups -OCH3 is 1. The van der Waals surface area contributed by atoms with Crippen molar-refractivity contribution >= 4 is 40.7 Å². The average molecular weight is 777 g/mol. The topological polar surface area (TPSA) is 135 Å². The summed E-state index contributed by atoms with van der Waals surface area (Å²) in [6, 6.07) is 10.2. The van der Waals surface area contributed by atoms with Crippen molar-refractivity contribution in [3.8, 4) is 11.5 Å². The fraction of sp³-hybridized carbons (Fsp3) is 0.541. The third kappa shape index (κ3) is 9.58. The number of ether oxygens (including phenoxy) is 3. The standard InChI is InChI=1S/C37H49IN2O8/c1-22(2)28-11-8-24(4)14-31(28)47-21-34(43)40(19-25-9-6-23(3)7-10-25)30-17-27(37(45)39-12-13-41)18-32(35(30)44)48-36-29(38)15-26(20-42)16-33(36)46-5/h6-7,9-10,15-16,18,20,22,24,28,30-32,35,41,44H,8,11-14,17,19,21H2,1-5H3,(H,39,45). The molecule has 0 heterocycles. The fourth-order valence-corrected chi connectivity index (χ4v) is 7.44. The molecule has 2 aromatic carbocycles. The van der Waals surface area contributed by atoms with Gasteiger partial charge in [0, 0.05) is 30.6 Å². The van der Waals surface area contributed by atoms with Crippen LogP contribution in [0.25, 0.3) is 0 Å². The van der Waals surface area contributed by atoms with Gasteiger partial charge in [0.1, 0.15) is 25.1 Å². The smallest absolute Gasteiger partial charge is 0.249 e. The minimum atomic E-state index is -1.24. The Bertz CT molecular complexity index is 1450. The Morgan fingerprint density at radius 1 is 1.17 bits per heavy atom. The molecule has 10 nitrogen and oxygen atoms in total. The van der Waals surface area contributed by atoms with Crippen molar-refractivity contribution in [3.63, 3.8) is 0 Å². The Kier molecular flexibility index (Phi) is 13.9. The molecule has 0 bridgehead atoms. The summed E-state index contributed by atoms with van der Waals surface area (Å²) >= 11 is 2.03. The molecule has 2 aliphatic carbocycles. The number of halogens is 1. The lowest BCUT2D eigenvalue weighted by Gasteiger charge is -2.41. The van der Waals surface area contributed by atoms with E-state index >= 15 is 0 Å². The summed E-state index contributed by atoms with van der Waals surface area (Å²) in [5.41, 5.74) is 2.65. The predicted octanol–water partition coefficient (Wildman–Crippen LogP) is 4.84. The van der Waals surface area contributed by atoms with Gasteiger partial charge in [0.25, 0.3) is 0 Å². The van der Waals surface area contributed by atoms with E-state index in [4.69, 9.17) is 14.2 Å². The highest BCUT2D eigenvalue weighted by atomic mass is 127. The summed E-state index contributed by atoms with van der Waals surface area (Å²) in [5, 5.41) is 24.0. The fourth-order valence-electron chi connectivity index (χ4n) is 6.69. The van der Waals surface area contributed by atoms with E-state index in [9.17, 15) is 24.6 Å². The van der Waals surface area contributed by atoms with Gasteiger partial charge in [-0.25, -0.2) is 0 Å². The van der Waals surface area contributed by atoms with Gasteiger partial charge in [-0.2, -0.15) is 0 Å². The monoisotopic (exact) mass is 776 g/mol. The lowest BCUT2D eigenvalue weighted by molar-refractivity contribution is -0.149. The summed E-state index contributed by atoms with van der Waals surface area (Å²) in [6.45, 7) is 8.43. The summed E-state index contributed by atoms with van der Waals surface area (Å²) in [4.78, 5) is 40.7. The first-order valence-corrected chi connectivity index (χ1v) is 17.8. The molecule has 0 saturated heterocycles. The van der Waals surface area contributed by atoms with Crippen LogP contribution in [0.1, 0.15) is 67.9 Å². The second-order valence-electron chi connectivity index (χ2n) is 13.4. The Hall–Kier alpha value is -3.00. The number of rotatable bonds is 14. The van der Waals surface area contributed by atoms with Gasteiger partial charge in [0.15, 0.2) is 11.5 Å². The van der Waals surface area contributed by atoms with Gasteiger partial charge in [0.2, 0.25) is 11.8 Å². The van der Waals surface area contributed by atoms with Crippen LogP contribution >= 0.6 is 22.6 Å². The molecule has 6 unspecified atom stereocenters. The number of aryl methyl sites for hydroxylation is 1. The van der Waals surface area contributed by atoms with E-state index in [2.05, 4.69) is 26.1 Å². The third-order valence-electron chi connectivity index (χ3n) is 9.43. The molecule has 2 aromatic rings. The Balaban J connectivity index is 1.69. The highest BCUT2D eigenvalue weighted by Crippen LogP contribution is 2.38. The minimum absolute atomic E-state index is 0.0461. The summed E-state index contributed by atoms with van der Waals surface area (Å²) in [7, 11) is 1.45. The number of nitrogens with zero attached hydrogens (tertiary/aromatic N) is 1. The van der Waals surface area contributed by atoms with Crippen molar-refractivity contribution in [2.24, 2.45) is 17.8 Å². The van der Waals surface area contributed by atoms with Crippen molar-refractivity contribution in [2.45, 2.75) is 84.3 Å². The molecule has 3 N–H and O–H groups in total. The molecule has 1 fully saturated rings. The third-order valence-corrected chi connectivity index (χ3v) is 10.2. The van der Waals surface area contributed by atoms with Crippen molar-refractivity contribution in [1.29, 1.82) is 0 Å². The zero-order valence-corrected chi connectivity index (χ0v) is 30.6. The largest absolute Gasteiger partial charge is 0.493 e. The van der Waals surface area contributed by atoms with E-state index in [1.165, 1.54) is 13.2 Å². The molecule has 2 aliphatic rings. The Labute approximate surface area is 297 Å². The number of hydrogen-bond acceptors (Lipinski definition) is 8. The van der Waals surface area contributed by atoms with Crippen LogP contribution in [0.3, 0.4) is 0 Å². The number of benzene rings is 2. The first-order chi connectivity index (χ1) is 22.9. The molecule has 1 saturated carbocycles. The molecule has 6 atom stereocenters. The van der Waals surface area contributed by atoms with Gasteiger partial charge in [0.05, 0.1) is 29.4 Å². The first-order valence-electron chi connectivity index (χ1n) is 16.7. The molecule has 2 amide bonds. The maximum absolute atomic E-state index is 14.2. The highest BCUT2D eigenvalue weighted by Gasteiger charge is 2.41. The number of carbonyl (C=O) groups excluding carboxylic acids is 3. The number of carbonyl (C=O) groups is 3. The summed E-state index contributed by atoms with van der Waals surface area (Å²) < 4.78 is 18.9. The van der Waals surface area contributed by atoms with E-state index in [1.807, 2.05) is 53.8 Å². The maximum Gasteiger partial charge on any atom is 0.249 e. The lowest BCUT2D eigenvalue weighted by Crippen LogP contribution is -2.55. The summed E-state index contributed by atoms with van der Waals surface area (Å²) in [5.74, 6) is 1.15. The number of aliphatic hydroxyl groups excluding tert-OH is 2.